The van der Waals surface area contributed by atoms with Crippen molar-refractivity contribution in [2.24, 2.45) is 14.1 Å². The molecule has 0 spiro atoms. The van der Waals surface area contributed by atoms with E-state index in [1.54, 1.807) is 35.6 Å². The summed E-state index contributed by atoms with van der Waals surface area (Å²) in [4.78, 5) is 30.0. The summed E-state index contributed by atoms with van der Waals surface area (Å²) in [5.74, 6) is 0. The molecule has 4 N–H and O–H groups in total. The minimum atomic E-state index is -4.07. The molecule has 16 nitrogen and oxygen atoms in total. The van der Waals surface area contributed by atoms with Gasteiger partial charge in [-0.1, -0.05) is 12.1 Å². The molecule has 2 saturated heterocycles. The molecule has 2 aromatic carbocycles. The first-order valence-electron chi connectivity index (χ1n) is 22.2. The first kappa shape index (κ1) is 42.5. The van der Waals surface area contributed by atoms with Crippen LogP contribution in [0.4, 0.5) is 21.0 Å². The van der Waals surface area contributed by atoms with Gasteiger partial charge in [-0.2, -0.15) is 27.0 Å². The van der Waals surface area contributed by atoms with E-state index < -0.39 is 32.1 Å². The number of hydrogen-bond acceptors (Lipinski definition) is 10. The molecule has 6 aliphatic rings. The van der Waals surface area contributed by atoms with Gasteiger partial charge in [0.1, 0.15) is 0 Å². The molecule has 10 rings (SSSR count). The lowest BCUT2D eigenvalue weighted by Gasteiger charge is -2.36. The van der Waals surface area contributed by atoms with Crippen molar-refractivity contribution in [3.05, 3.63) is 80.2 Å². The second kappa shape index (κ2) is 16.7. The molecule has 2 aromatic heterocycles. The van der Waals surface area contributed by atoms with Crippen molar-refractivity contribution in [3.8, 4) is 0 Å². The molecule has 18 heteroatoms. The van der Waals surface area contributed by atoms with Crippen molar-refractivity contribution < 1.29 is 26.4 Å². The average Bonchev–Trinajstić information content (AvgIpc) is 4.02. The number of sulfonamides is 2. The highest BCUT2D eigenvalue weighted by Crippen LogP contribution is 2.40. The molecule has 4 aromatic rings. The lowest BCUT2D eigenvalue weighted by atomic mass is 9.99. The van der Waals surface area contributed by atoms with E-state index in [0.29, 0.717) is 0 Å². The fraction of sp³-hybridized carbons (Fsp3) is 0.545. The second-order valence-corrected chi connectivity index (χ2v) is 21.0. The lowest BCUT2D eigenvalue weighted by molar-refractivity contribution is 0.123. The van der Waals surface area contributed by atoms with Gasteiger partial charge in [-0.25, -0.2) is 19.0 Å². The minimum absolute atomic E-state index is 0.0820. The second-order valence-electron chi connectivity index (χ2n) is 17.8. The smallest absolute Gasteiger partial charge is 0.307 e. The Morgan fingerprint density at radius 3 is 1.13 bits per heavy atom. The quantitative estimate of drug-likeness (QED) is 0.162. The van der Waals surface area contributed by atoms with Crippen LogP contribution in [0, 0.1) is 0 Å². The normalized spacial score (nSPS) is 18.9. The Morgan fingerprint density at radius 2 is 0.839 bits per heavy atom. The number of carbonyl (C=O) groups is 2. The molecule has 0 saturated carbocycles. The molecule has 0 bridgehead atoms. The standard InChI is InChI=1S/2C22H29N5O3S/c2*1-14(27-10-5-11-27)19-13-20(24-26(19)2)31(29,30)25-22(28)23-21-17-8-3-6-15(17)12-16-7-4-9-18(16)21/h2*12-14H,3-11H2,1-2H3,(H2,23,25,28). The zero-order valence-electron chi connectivity index (χ0n) is 36.1. The Morgan fingerprint density at radius 1 is 0.516 bits per heavy atom. The number of nitrogens with zero attached hydrogens (tertiary/aromatic N) is 6. The Bertz CT molecular complexity index is 2420. The highest BCUT2D eigenvalue weighted by Gasteiger charge is 2.32. The zero-order valence-corrected chi connectivity index (χ0v) is 37.8. The number of fused-ring (bicyclic) bond motifs is 4. The van der Waals surface area contributed by atoms with Gasteiger partial charge in [0.2, 0.25) is 0 Å². The lowest BCUT2D eigenvalue weighted by Crippen LogP contribution is -2.39. The summed E-state index contributed by atoms with van der Waals surface area (Å²) in [6, 6.07) is 6.40. The summed E-state index contributed by atoms with van der Waals surface area (Å²) in [7, 11) is -4.66. The van der Waals surface area contributed by atoms with Crippen LogP contribution in [0.2, 0.25) is 0 Å². The monoisotopic (exact) mass is 886 g/mol. The molecular weight excluding hydrogens is 829 g/mol. The summed E-state index contributed by atoms with van der Waals surface area (Å²) in [5, 5.41) is 13.9. The first-order chi connectivity index (χ1) is 29.7. The number of nitrogens with one attached hydrogen (secondary N) is 4. The van der Waals surface area contributed by atoms with E-state index in [1.807, 2.05) is 13.8 Å². The fourth-order valence-electron chi connectivity index (χ4n) is 10.3. The molecule has 2 fully saturated rings. The van der Waals surface area contributed by atoms with Gasteiger partial charge >= 0.3 is 12.1 Å². The Kier molecular flexibility index (Phi) is 11.5. The number of hydrogen-bond donors (Lipinski definition) is 4. The SMILES string of the molecule is CC(c1cc(S(=O)(=O)NC(=O)Nc2c3c(cc4c2CCC4)CCC3)nn1C)N1CCC1.CC(c1cc(S(=O)(=O)NC(=O)Nc2c3c(cc4c2CCC4)CCC3)nn1C)N1CCC1. The molecule has 2 aliphatic heterocycles. The van der Waals surface area contributed by atoms with Crippen LogP contribution in [0.3, 0.4) is 0 Å². The number of aromatic nitrogens is 4. The molecular formula is C44H58N10O6S2. The molecule has 332 valence electrons. The van der Waals surface area contributed by atoms with E-state index >= 15 is 0 Å². The van der Waals surface area contributed by atoms with E-state index in [0.717, 1.165) is 161 Å². The topological polar surface area (TPSA) is 193 Å². The number of amides is 4. The van der Waals surface area contributed by atoms with Crippen molar-refractivity contribution >= 4 is 43.5 Å². The fourth-order valence-corrected chi connectivity index (χ4v) is 12.2. The number of aryl methyl sites for hydroxylation is 6. The van der Waals surface area contributed by atoms with Gasteiger partial charge in [0.25, 0.3) is 20.0 Å². The number of likely N-dealkylation sites (tertiary alicyclic amines) is 2. The summed E-state index contributed by atoms with van der Waals surface area (Å²) < 4.78 is 59.0. The molecule has 0 radical (unpaired) electrons. The highest BCUT2D eigenvalue weighted by atomic mass is 32.2. The third-order valence-corrected chi connectivity index (χ3v) is 16.4. The van der Waals surface area contributed by atoms with E-state index in [2.05, 4.69) is 52.2 Å². The van der Waals surface area contributed by atoms with Gasteiger partial charge in [0, 0.05) is 75.9 Å². The number of urea groups is 2. The van der Waals surface area contributed by atoms with Crippen molar-refractivity contribution in [2.75, 3.05) is 36.8 Å². The number of rotatable bonds is 10. The van der Waals surface area contributed by atoms with Crippen molar-refractivity contribution in [1.29, 1.82) is 0 Å². The Hall–Kier alpha value is -4.78. The van der Waals surface area contributed by atoms with Crippen LogP contribution >= 0.6 is 0 Å². The molecule has 2 unspecified atom stereocenters. The summed E-state index contributed by atoms with van der Waals surface area (Å²) in [6.45, 7) is 8.09. The largest absolute Gasteiger partial charge is 0.333 e. The summed E-state index contributed by atoms with van der Waals surface area (Å²) >= 11 is 0. The van der Waals surface area contributed by atoms with Crippen molar-refractivity contribution in [1.82, 2.24) is 38.8 Å². The summed E-state index contributed by atoms with van der Waals surface area (Å²) in [5.41, 5.74) is 13.1. The van der Waals surface area contributed by atoms with Gasteiger partial charge < -0.3 is 10.6 Å². The van der Waals surface area contributed by atoms with Crippen molar-refractivity contribution in [3.63, 3.8) is 0 Å². The maximum Gasteiger partial charge on any atom is 0.333 e. The third-order valence-electron chi connectivity index (χ3n) is 13.9. The van der Waals surface area contributed by atoms with Crippen LogP contribution in [0.1, 0.15) is 120 Å². The number of benzene rings is 2. The molecule has 2 atom stereocenters. The Labute approximate surface area is 364 Å². The maximum atomic E-state index is 12.9. The Balaban J connectivity index is 0.000000158. The van der Waals surface area contributed by atoms with Crippen LogP contribution in [-0.4, -0.2) is 84.4 Å². The number of carbonyl (C=O) groups excluding carboxylic acids is 2. The van der Waals surface area contributed by atoms with E-state index in [9.17, 15) is 26.4 Å². The number of anilines is 2. The minimum Gasteiger partial charge on any atom is -0.307 e. The highest BCUT2D eigenvalue weighted by molar-refractivity contribution is 7.90. The third kappa shape index (κ3) is 8.14. The van der Waals surface area contributed by atoms with Crippen molar-refractivity contribution in [2.45, 2.75) is 126 Å². The van der Waals surface area contributed by atoms with E-state index in [-0.39, 0.29) is 22.1 Å². The van der Waals surface area contributed by atoms with Gasteiger partial charge in [0.05, 0.1) is 11.4 Å². The average molecular weight is 887 g/mol. The van der Waals surface area contributed by atoms with Crippen LogP contribution in [0.5, 0.6) is 0 Å². The summed E-state index contributed by atoms with van der Waals surface area (Å²) in [6.07, 6.45) is 14.3. The van der Waals surface area contributed by atoms with Crippen LogP contribution < -0.4 is 20.1 Å². The van der Waals surface area contributed by atoms with Gasteiger partial charge in [-0.15, -0.1) is 0 Å². The molecule has 62 heavy (non-hydrogen) atoms. The predicted molar refractivity (Wildman–Crippen MR) is 235 cm³/mol. The van der Waals surface area contributed by atoms with Crippen LogP contribution in [-0.2, 0) is 85.5 Å². The van der Waals surface area contributed by atoms with E-state index in [1.165, 1.54) is 22.3 Å². The first-order valence-corrected chi connectivity index (χ1v) is 25.2. The van der Waals surface area contributed by atoms with Gasteiger partial charge in [-0.3, -0.25) is 19.2 Å². The predicted octanol–water partition coefficient (Wildman–Crippen LogP) is 5.35. The van der Waals surface area contributed by atoms with E-state index in [4.69, 9.17) is 0 Å². The molecule has 4 aliphatic carbocycles. The molecule has 4 heterocycles. The maximum absolute atomic E-state index is 12.9. The zero-order chi connectivity index (χ0) is 43.5. The molecule has 4 amide bonds. The van der Waals surface area contributed by atoms with Crippen LogP contribution in [0.15, 0.2) is 34.3 Å². The van der Waals surface area contributed by atoms with Crippen LogP contribution in [0.25, 0.3) is 0 Å². The van der Waals surface area contributed by atoms with Gasteiger partial charge in [-0.05, 0) is 148 Å². The van der Waals surface area contributed by atoms with Gasteiger partial charge in [0.15, 0.2) is 10.1 Å².